The van der Waals surface area contributed by atoms with E-state index in [1.165, 1.54) is 18.9 Å². The Hall–Kier alpha value is -1.09. The van der Waals surface area contributed by atoms with Crippen molar-refractivity contribution >= 4 is 18.1 Å². The van der Waals surface area contributed by atoms with E-state index in [-0.39, 0.29) is 23.9 Å². The van der Waals surface area contributed by atoms with Crippen LogP contribution in [0.4, 0.5) is 5.69 Å². The highest BCUT2D eigenvalue weighted by Gasteiger charge is 2.05. The van der Waals surface area contributed by atoms with Gasteiger partial charge in [-0.15, -0.1) is 12.4 Å². The normalized spacial score (nSPS) is 9.81. The minimum atomic E-state index is -0.0511. The zero-order valence-corrected chi connectivity index (χ0v) is 10.4. The van der Waals surface area contributed by atoms with Crippen LogP contribution in [0.25, 0.3) is 0 Å². The molecule has 0 spiro atoms. The maximum absolute atomic E-state index is 9.56. The van der Waals surface area contributed by atoms with Gasteiger partial charge < -0.3 is 15.9 Å². The van der Waals surface area contributed by atoms with Gasteiger partial charge in [-0.3, -0.25) is 0 Å². The van der Waals surface area contributed by atoms with Crippen LogP contribution < -0.4 is 5.73 Å². The van der Waals surface area contributed by atoms with Crippen molar-refractivity contribution in [2.75, 3.05) is 5.73 Å². The van der Waals surface area contributed by atoms with Crippen LogP contribution in [0, 0.1) is 0 Å². The standard InChI is InChI=1S/C12H19NO2.ClH/c1-2-3-4-5-6-9-7-10(13)12(15)8-11(9)14;/h7-8,14-15H,2-6,13H2,1H3;1H. The summed E-state index contributed by atoms with van der Waals surface area (Å²) in [6.07, 6.45) is 5.44. The molecule has 3 nitrogen and oxygen atoms in total. The van der Waals surface area contributed by atoms with Crippen molar-refractivity contribution in [3.05, 3.63) is 17.7 Å². The van der Waals surface area contributed by atoms with Crippen molar-refractivity contribution in [2.24, 2.45) is 0 Å². The highest BCUT2D eigenvalue weighted by molar-refractivity contribution is 5.85. The molecule has 0 bridgehead atoms. The third-order valence-corrected chi connectivity index (χ3v) is 2.53. The maximum Gasteiger partial charge on any atom is 0.142 e. The van der Waals surface area contributed by atoms with Crippen molar-refractivity contribution in [3.8, 4) is 11.5 Å². The first-order valence-corrected chi connectivity index (χ1v) is 5.45. The monoisotopic (exact) mass is 245 g/mol. The number of anilines is 1. The average molecular weight is 246 g/mol. The van der Waals surface area contributed by atoms with Crippen LogP contribution in [-0.4, -0.2) is 10.2 Å². The molecule has 0 radical (unpaired) electrons. The van der Waals surface area contributed by atoms with Gasteiger partial charge >= 0.3 is 0 Å². The van der Waals surface area contributed by atoms with E-state index in [4.69, 9.17) is 5.73 Å². The lowest BCUT2D eigenvalue weighted by molar-refractivity contribution is 0.446. The van der Waals surface area contributed by atoms with E-state index in [2.05, 4.69) is 6.92 Å². The van der Waals surface area contributed by atoms with E-state index in [9.17, 15) is 10.2 Å². The fourth-order valence-corrected chi connectivity index (χ4v) is 1.58. The number of halogens is 1. The second-order valence-corrected chi connectivity index (χ2v) is 3.85. The summed E-state index contributed by atoms with van der Waals surface area (Å²) in [6, 6.07) is 2.96. The van der Waals surface area contributed by atoms with Crippen molar-refractivity contribution < 1.29 is 10.2 Å². The summed E-state index contributed by atoms with van der Waals surface area (Å²) in [6.45, 7) is 2.16. The van der Waals surface area contributed by atoms with Gasteiger partial charge in [-0.2, -0.15) is 0 Å². The first-order valence-electron chi connectivity index (χ1n) is 5.45. The number of phenolic OH excluding ortho intramolecular Hbond substituents is 2. The quantitative estimate of drug-likeness (QED) is 0.323. The van der Waals surface area contributed by atoms with E-state index >= 15 is 0 Å². The zero-order valence-electron chi connectivity index (χ0n) is 9.57. The van der Waals surface area contributed by atoms with Gasteiger partial charge in [0.15, 0.2) is 0 Å². The van der Waals surface area contributed by atoms with E-state index in [1.54, 1.807) is 6.07 Å². The summed E-state index contributed by atoms with van der Waals surface area (Å²) in [5.74, 6) is 0.0861. The van der Waals surface area contributed by atoms with Crippen LogP contribution in [0.1, 0.15) is 38.2 Å². The van der Waals surface area contributed by atoms with Crippen LogP contribution in [-0.2, 0) is 6.42 Å². The Kier molecular flexibility index (Phi) is 6.74. The Bertz CT molecular complexity index is 329. The van der Waals surface area contributed by atoms with Gasteiger partial charge in [0.2, 0.25) is 0 Å². The number of rotatable bonds is 5. The van der Waals surface area contributed by atoms with Gasteiger partial charge in [0.25, 0.3) is 0 Å². The summed E-state index contributed by atoms with van der Waals surface area (Å²) >= 11 is 0. The van der Waals surface area contributed by atoms with Gasteiger partial charge in [-0.1, -0.05) is 26.2 Å². The average Bonchev–Trinajstić information content (AvgIpc) is 2.20. The molecule has 1 rings (SSSR count). The molecule has 16 heavy (non-hydrogen) atoms. The van der Waals surface area contributed by atoms with E-state index in [0.717, 1.165) is 24.8 Å². The Morgan fingerprint density at radius 3 is 2.38 bits per heavy atom. The first-order chi connectivity index (χ1) is 7.15. The molecule has 4 N–H and O–H groups in total. The molecule has 0 amide bonds. The number of aryl methyl sites for hydroxylation is 1. The topological polar surface area (TPSA) is 66.5 Å². The molecule has 0 aliphatic carbocycles. The van der Waals surface area contributed by atoms with Crippen LogP contribution >= 0.6 is 12.4 Å². The molecule has 1 aromatic rings. The number of benzene rings is 1. The van der Waals surface area contributed by atoms with Gasteiger partial charge in [0, 0.05) is 6.07 Å². The van der Waals surface area contributed by atoms with Crippen molar-refractivity contribution in [1.82, 2.24) is 0 Å². The molecule has 0 heterocycles. The van der Waals surface area contributed by atoms with Crippen LogP contribution in [0.5, 0.6) is 11.5 Å². The van der Waals surface area contributed by atoms with Crippen molar-refractivity contribution in [2.45, 2.75) is 39.0 Å². The third-order valence-electron chi connectivity index (χ3n) is 2.53. The lowest BCUT2D eigenvalue weighted by Gasteiger charge is -2.07. The van der Waals surface area contributed by atoms with E-state index < -0.39 is 0 Å². The van der Waals surface area contributed by atoms with Crippen molar-refractivity contribution in [3.63, 3.8) is 0 Å². The molecule has 0 fully saturated rings. The fraction of sp³-hybridized carbons (Fsp3) is 0.500. The molecule has 0 saturated carbocycles. The summed E-state index contributed by atoms with van der Waals surface area (Å²) in [4.78, 5) is 0. The molecule has 4 heteroatoms. The minimum absolute atomic E-state index is 0. The molecular weight excluding hydrogens is 226 g/mol. The van der Waals surface area contributed by atoms with Gasteiger partial charge in [-0.25, -0.2) is 0 Å². The van der Waals surface area contributed by atoms with Gasteiger partial charge in [0.1, 0.15) is 11.5 Å². The fourth-order valence-electron chi connectivity index (χ4n) is 1.58. The summed E-state index contributed by atoms with van der Waals surface area (Å²) in [5.41, 5.74) is 6.71. The largest absolute Gasteiger partial charge is 0.508 e. The smallest absolute Gasteiger partial charge is 0.142 e. The second-order valence-electron chi connectivity index (χ2n) is 3.85. The molecule has 1 aromatic carbocycles. The molecule has 0 saturated heterocycles. The molecule has 0 unspecified atom stereocenters. The molecule has 0 aromatic heterocycles. The predicted octanol–water partition coefficient (Wildman–Crippen LogP) is 3.22. The maximum atomic E-state index is 9.56. The van der Waals surface area contributed by atoms with E-state index in [1.807, 2.05) is 0 Å². The SMILES string of the molecule is CCCCCCc1cc(N)c(O)cc1O.Cl. The van der Waals surface area contributed by atoms with Gasteiger partial charge in [0.05, 0.1) is 5.69 Å². The zero-order chi connectivity index (χ0) is 11.3. The summed E-state index contributed by atoms with van der Waals surface area (Å²) in [7, 11) is 0. The van der Waals surface area contributed by atoms with Gasteiger partial charge in [-0.05, 0) is 24.5 Å². The number of nitrogen functional groups attached to an aromatic ring is 1. The Labute approximate surface area is 103 Å². The minimum Gasteiger partial charge on any atom is -0.508 e. The number of aromatic hydroxyl groups is 2. The Morgan fingerprint density at radius 1 is 1.06 bits per heavy atom. The molecule has 92 valence electrons. The van der Waals surface area contributed by atoms with E-state index in [0.29, 0.717) is 5.69 Å². The molecule has 0 aliphatic heterocycles. The number of unbranched alkanes of at least 4 members (excludes halogenated alkanes) is 3. The lowest BCUT2D eigenvalue weighted by Crippen LogP contribution is -1.91. The second kappa shape index (κ2) is 7.23. The summed E-state index contributed by atoms with van der Waals surface area (Å²) < 4.78 is 0. The summed E-state index contributed by atoms with van der Waals surface area (Å²) in [5, 5.41) is 18.8. The Balaban J connectivity index is 0.00000225. The number of nitrogens with two attached hydrogens (primary N) is 1. The number of hydrogen-bond donors (Lipinski definition) is 3. The number of phenols is 2. The third kappa shape index (κ3) is 4.19. The van der Waals surface area contributed by atoms with Crippen molar-refractivity contribution in [1.29, 1.82) is 0 Å². The van der Waals surface area contributed by atoms with Crippen LogP contribution in [0.3, 0.4) is 0 Å². The van der Waals surface area contributed by atoms with Crippen LogP contribution in [0.2, 0.25) is 0 Å². The number of hydrogen-bond acceptors (Lipinski definition) is 3. The molecule has 0 atom stereocenters. The van der Waals surface area contributed by atoms with Crippen LogP contribution in [0.15, 0.2) is 12.1 Å². The Morgan fingerprint density at radius 2 is 1.75 bits per heavy atom. The highest BCUT2D eigenvalue weighted by Crippen LogP contribution is 2.30. The molecule has 0 aliphatic rings. The predicted molar refractivity (Wildman–Crippen MR) is 69.3 cm³/mol. The lowest BCUT2D eigenvalue weighted by atomic mass is 10.0. The highest BCUT2D eigenvalue weighted by atomic mass is 35.5. The first kappa shape index (κ1) is 14.9. The molecular formula is C12H20ClNO2.